The Morgan fingerprint density at radius 2 is 1.89 bits per heavy atom. The van der Waals surface area contributed by atoms with E-state index in [2.05, 4.69) is 15.6 Å². The molecule has 0 bridgehead atoms. The van der Waals surface area contributed by atoms with Crippen LogP contribution in [0.4, 0.5) is 26.2 Å². The third-order valence-electron chi connectivity index (χ3n) is 5.34. The van der Waals surface area contributed by atoms with Crippen LogP contribution in [0.15, 0.2) is 66.9 Å². The lowest BCUT2D eigenvalue weighted by Gasteiger charge is -2.23. The number of amides is 2. The molecule has 2 amide bonds. The highest BCUT2D eigenvalue weighted by Gasteiger charge is 2.14. The van der Waals surface area contributed by atoms with Crippen LogP contribution in [0.3, 0.4) is 0 Å². The zero-order valence-electron chi connectivity index (χ0n) is 18.8. The second-order valence-corrected chi connectivity index (χ2v) is 7.79. The number of nitrogens with one attached hydrogen (secondary N) is 3. The van der Waals surface area contributed by atoms with E-state index in [4.69, 9.17) is 10.00 Å². The Morgan fingerprint density at radius 3 is 2.63 bits per heavy atom. The number of aromatic amines is 1. The Labute approximate surface area is 200 Å². The zero-order valence-corrected chi connectivity index (χ0v) is 18.8. The molecule has 0 saturated carbocycles. The molecule has 3 N–H and O–H groups in total. The van der Waals surface area contributed by atoms with Crippen molar-refractivity contribution in [2.75, 3.05) is 29.2 Å². The van der Waals surface area contributed by atoms with Gasteiger partial charge in [-0.2, -0.15) is 5.26 Å². The number of hydrogen-bond donors (Lipinski definition) is 3. The molecule has 4 rings (SSSR count). The summed E-state index contributed by atoms with van der Waals surface area (Å²) in [7, 11) is 1.75. The number of aldehydes is 1. The van der Waals surface area contributed by atoms with Crippen LogP contribution in [0.25, 0.3) is 10.9 Å². The van der Waals surface area contributed by atoms with Gasteiger partial charge in [0.15, 0.2) is 6.29 Å². The van der Waals surface area contributed by atoms with Crippen LogP contribution in [-0.2, 0) is 11.3 Å². The molecule has 9 heteroatoms. The summed E-state index contributed by atoms with van der Waals surface area (Å²) in [6.45, 7) is 0.0152. The van der Waals surface area contributed by atoms with E-state index in [1.807, 2.05) is 30.5 Å². The summed E-state index contributed by atoms with van der Waals surface area (Å²) < 4.78 is 19.9. The highest BCUT2D eigenvalue weighted by Crippen LogP contribution is 2.32. The number of nitriles is 1. The predicted octanol–water partition coefficient (Wildman–Crippen LogP) is 5.04. The molecule has 0 saturated heterocycles. The number of rotatable bonds is 8. The first-order chi connectivity index (χ1) is 17.0. The molecule has 1 heterocycles. The smallest absolute Gasteiger partial charge is 0.323 e. The van der Waals surface area contributed by atoms with E-state index in [0.717, 1.165) is 10.9 Å². The fraction of sp³-hybridized carbons (Fsp3) is 0.115. The minimum absolute atomic E-state index is 0.183. The van der Waals surface area contributed by atoms with E-state index in [1.165, 1.54) is 6.07 Å². The molecule has 0 spiro atoms. The third-order valence-corrected chi connectivity index (χ3v) is 5.34. The van der Waals surface area contributed by atoms with Crippen LogP contribution < -0.4 is 20.3 Å². The van der Waals surface area contributed by atoms with Crippen molar-refractivity contribution in [2.45, 2.75) is 6.54 Å². The molecule has 0 aliphatic heterocycles. The van der Waals surface area contributed by atoms with Gasteiger partial charge >= 0.3 is 6.03 Å². The summed E-state index contributed by atoms with van der Waals surface area (Å²) in [5.41, 5.74) is 3.21. The van der Waals surface area contributed by atoms with E-state index in [0.29, 0.717) is 34.7 Å². The molecule has 0 radical (unpaired) electrons. The molecular formula is C26H22FN5O3. The van der Waals surface area contributed by atoms with Crippen molar-refractivity contribution in [3.05, 3.63) is 83.8 Å². The molecule has 0 atom stereocenters. The lowest BCUT2D eigenvalue weighted by Crippen LogP contribution is -2.21. The van der Waals surface area contributed by atoms with Crippen LogP contribution >= 0.6 is 0 Å². The summed E-state index contributed by atoms with van der Waals surface area (Å²) in [6, 6.07) is 18.2. The molecule has 0 aliphatic carbocycles. The standard InChI is InChI=1S/C26H22FN5O3/c1-32(16-19-3-2-17(15-28)12-22(19)27)24-7-6-21(14-25(24)35-11-10-33)31-26(34)30-20-5-4-18-8-9-29-23(18)13-20/h2-10,12-14,29H,11,16H2,1H3,(H2,30,31,34). The molecule has 0 unspecified atom stereocenters. The first-order valence-corrected chi connectivity index (χ1v) is 10.7. The van der Waals surface area contributed by atoms with E-state index >= 15 is 0 Å². The van der Waals surface area contributed by atoms with Crippen LogP contribution in [-0.4, -0.2) is 31.0 Å². The lowest BCUT2D eigenvalue weighted by atomic mass is 10.1. The molecule has 0 fully saturated rings. The zero-order chi connectivity index (χ0) is 24.8. The van der Waals surface area contributed by atoms with Crippen molar-refractivity contribution in [1.82, 2.24) is 4.98 Å². The van der Waals surface area contributed by atoms with Gasteiger partial charge in [0, 0.05) is 48.3 Å². The van der Waals surface area contributed by atoms with Gasteiger partial charge in [-0.3, -0.25) is 4.79 Å². The van der Waals surface area contributed by atoms with Gasteiger partial charge in [0.25, 0.3) is 0 Å². The number of halogens is 1. The Bertz CT molecular complexity index is 1430. The molecule has 3 aromatic carbocycles. The van der Waals surface area contributed by atoms with E-state index in [-0.39, 0.29) is 18.7 Å². The summed E-state index contributed by atoms with van der Waals surface area (Å²) in [4.78, 5) is 28.3. The van der Waals surface area contributed by atoms with E-state index in [9.17, 15) is 14.0 Å². The Balaban J connectivity index is 1.49. The molecule has 176 valence electrons. The maximum atomic E-state index is 14.4. The van der Waals surface area contributed by atoms with Crippen molar-refractivity contribution in [3.63, 3.8) is 0 Å². The van der Waals surface area contributed by atoms with Crippen molar-refractivity contribution in [1.29, 1.82) is 5.26 Å². The largest absolute Gasteiger partial charge is 0.484 e. The maximum absolute atomic E-state index is 14.4. The lowest BCUT2D eigenvalue weighted by molar-refractivity contribution is -0.109. The molecule has 4 aromatic rings. The third kappa shape index (κ3) is 5.57. The summed E-state index contributed by atoms with van der Waals surface area (Å²) in [5.74, 6) is -0.141. The monoisotopic (exact) mass is 471 g/mol. The van der Waals surface area contributed by atoms with E-state index in [1.54, 1.807) is 48.3 Å². The van der Waals surface area contributed by atoms with Crippen molar-refractivity contribution >= 4 is 40.3 Å². The minimum Gasteiger partial charge on any atom is -0.484 e. The number of ether oxygens (including phenoxy) is 1. The quantitative estimate of drug-likeness (QED) is 0.312. The fourth-order valence-corrected chi connectivity index (χ4v) is 3.65. The molecule has 1 aromatic heterocycles. The van der Waals surface area contributed by atoms with Gasteiger partial charge < -0.3 is 25.3 Å². The van der Waals surface area contributed by atoms with Crippen molar-refractivity contribution in [3.8, 4) is 11.8 Å². The van der Waals surface area contributed by atoms with Crippen LogP contribution in [0.2, 0.25) is 0 Å². The van der Waals surface area contributed by atoms with Crippen molar-refractivity contribution in [2.24, 2.45) is 0 Å². The molecular weight excluding hydrogens is 449 g/mol. The first-order valence-electron chi connectivity index (χ1n) is 10.7. The van der Waals surface area contributed by atoms with Crippen LogP contribution in [0.1, 0.15) is 11.1 Å². The molecule has 8 nitrogen and oxygen atoms in total. The number of carbonyl (C=O) groups is 2. The van der Waals surface area contributed by atoms with Gasteiger partial charge in [-0.15, -0.1) is 0 Å². The summed E-state index contributed by atoms with van der Waals surface area (Å²) in [6.07, 6.45) is 2.44. The van der Waals surface area contributed by atoms with Crippen LogP contribution in [0.5, 0.6) is 5.75 Å². The number of aromatic nitrogens is 1. The second kappa shape index (κ2) is 10.4. The topological polar surface area (TPSA) is 110 Å². The van der Waals surface area contributed by atoms with Gasteiger partial charge in [0.1, 0.15) is 18.2 Å². The average Bonchev–Trinajstić information content (AvgIpc) is 3.32. The van der Waals surface area contributed by atoms with Crippen molar-refractivity contribution < 1.29 is 18.7 Å². The van der Waals surface area contributed by atoms with E-state index < -0.39 is 11.8 Å². The van der Waals surface area contributed by atoms with Gasteiger partial charge in [0.2, 0.25) is 0 Å². The normalized spacial score (nSPS) is 10.4. The Morgan fingerprint density at radius 1 is 1.11 bits per heavy atom. The predicted molar refractivity (Wildman–Crippen MR) is 132 cm³/mol. The number of carbonyl (C=O) groups excluding carboxylic acids is 2. The van der Waals surface area contributed by atoms with Gasteiger partial charge in [0.05, 0.1) is 17.3 Å². The number of anilines is 3. The van der Waals surface area contributed by atoms with Gasteiger partial charge in [-0.1, -0.05) is 12.1 Å². The maximum Gasteiger partial charge on any atom is 0.323 e. The molecule has 0 aliphatic rings. The Kier molecular flexibility index (Phi) is 6.93. The molecule has 35 heavy (non-hydrogen) atoms. The first kappa shape index (κ1) is 23.3. The fourth-order valence-electron chi connectivity index (χ4n) is 3.65. The highest BCUT2D eigenvalue weighted by molar-refractivity contribution is 6.01. The highest BCUT2D eigenvalue weighted by atomic mass is 19.1. The number of hydrogen-bond acceptors (Lipinski definition) is 5. The number of fused-ring (bicyclic) bond motifs is 1. The average molecular weight is 471 g/mol. The Hall–Kier alpha value is -4.84. The number of nitrogens with zero attached hydrogens (tertiary/aromatic N) is 2. The number of H-pyrrole nitrogens is 1. The number of benzene rings is 3. The van der Waals surface area contributed by atoms with Gasteiger partial charge in [-0.05, 0) is 47.9 Å². The summed E-state index contributed by atoms with van der Waals surface area (Å²) >= 11 is 0. The number of urea groups is 1. The van der Waals surface area contributed by atoms with Crippen LogP contribution in [0, 0.1) is 17.1 Å². The second-order valence-electron chi connectivity index (χ2n) is 7.79. The summed E-state index contributed by atoms with van der Waals surface area (Å²) in [5, 5.41) is 15.5. The SMILES string of the molecule is CN(Cc1ccc(C#N)cc1F)c1ccc(NC(=O)Nc2ccc3cc[nH]c3c2)cc1OCC=O. The minimum atomic E-state index is -0.487. The van der Waals surface area contributed by atoms with Gasteiger partial charge in [-0.25, -0.2) is 9.18 Å².